The fraction of sp³-hybridized carbons (Fsp3) is 0.571. The molecule has 6 nitrogen and oxygen atoms in total. The lowest BCUT2D eigenvalue weighted by molar-refractivity contribution is -0.118. The van der Waals surface area contributed by atoms with Crippen molar-refractivity contribution in [2.24, 2.45) is 0 Å². The van der Waals surface area contributed by atoms with E-state index in [1.54, 1.807) is 0 Å². The average molecular weight is 278 g/mol. The van der Waals surface area contributed by atoms with E-state index in [0.717, 1.165) is 0 Å². The van der Waals surface area contributed by atoms with Crippen LogP contribution in [0.3, 0.4) is 0 Å². The van der Waals surface area contributed by atoms with Crippen molar-refractivity contribution in [3.63, 3.8) is 0 Å². The third kappa shape index (κ3) is 2.62. The minimum atomic E-state index is -0.0898. The SMILES string of the molecule is O=C1C=C(N2CCOCC2)C(=O)C=C1N1CCOCC1. The lowest BCUT2D eigenvalue weighted by Crippen LogP contribution is -2.42. The first-order valence-electron chi connectivity index (χ1n) is 6.93. The highest BCUT2D eigenvalue weighted by Crippen LogP contribution is 2.20. The van der Waals surface area contributed by atoms with E-state index in [1.807, 2.05) is 9.80 Å². The predicted octanol–water partition coefficient (Wildman–Crippen LogP) is -0.430. The van der Waals surface area contributed by atoms with E-state index in [2.05, 4.69) is 0 Å². The van der Waals surface area contributed by atoms with Gasteiger partial charge in [0.15, 0.2) is 0 Å². The molecule has 0 radical (unpaired) electrons. The van der Waals surface area contributed by atoms with Gasteiger partial charge in [0.1, 0.15) is 0 Å². The summed E-state index contributed by atoms with van der Waals surface area (Å²) in [7, 11) is 0. The highest BCUT2D eigenvalue weighted by Gasteiger charge is 2.28. The molecule has 0 unspecified atom stereocenters. The number of ketones is 2. The van der Waals surface area contributed by atoms with Crippen LogP contribution in [0.4, 0.5) is 0 Å². The molecule has 0 N–H and O–H groups in total. The Kier molecular flexibility index (Phi) is 3.84. The van der Waals surface area contributed by atoms with Crippen molar-refractivity contribution in [2.45, 2.75) is 0 Å². The first-order chi connectivity index (χ1) is 9.75. The van der Waals surface area contributed by atoms with E-state index in [1.165, 1.54) is 12.2 Å². The largest absolute Gasteiger partial charge is 0.378 e. The number of carbonyl (C=O) groups excluding carboxylic acids is 2. The maximum absolute atomic E-state index is 12.3. The van der Waals surface area contributed by atoms with Gasteiger partial charge in [0.05, 0.1) is 37.8 Å². The minimum Gasteiger partial charge on any atom is -0.378 e. The van der Waals surface area contributed by atoms with Gasteiger partial charge < -0.3 is 19.3 Å². The topological polar surface area (TPSA) is 59.1 Å². The smallest absolute Gasteiger partial charge is 0.204 e. The van der Waals surface area contributed by atoms with Crippen molar-refractivity contribution >= 4 is 11.6 Å². The first-order valence-corrected chi connectivity index (χ1v) is 6.93. The molecule has 2 saturated heterocycles. The molecule has 0 amide bonds. The second kappa shape index (κ2) is 5.76. The van der Waals surface area contributed by atoms with Crippen molar-refractivity contribution < 1.29 is 19.1 Å². The summed E-state index contributed by atoms with van der Waals surface area (Å²) in [5, 5.41) is 0. The summed E-state index contributed by atoms with van der Waals surface area (Å²) in [4.78, 5) is 28.4. The number of allylic oxidation sites excluding steroid dienone is 2. The number of ether oxygens (including phenoxy) is 2. The standard InChI is InChI=1S/C14H18N2O4/c17-13-10-12(16-3-7-20-8-4-16)14(18)9-11(13)15-1-5-19-6-2-15/h9-10H,1-8H2. The molecule has 0 aromatic heterocycles. The second-order valence-electron chi connectivity index (χ2n) is 4.99. The molecule has 0 aromatic carbocycles. The Balaban J connectivity index is 1.75. The quantitative estimate of drug-likeness (QED) is 0.639. The van der Waals surface area contributed by atoms with Gasteiger partial charge in [-0.05, 0) is 0 Å². The van der Waals surface area contributed by atoms with Gasteiger partial charge in [0.25, 0.3) is 0 Å². The molecule has 108 valence electrons. The molecule has 0 atom stereocenters. The number of nitrogens with zero attached hydrogens (tertiary/aromatic N) is 2. The average Bonchev–Trinajstić information content (AvgIpc) is 2.51. The molecule has 3 rings (SSSR count). The van der Waals surface area contributed by atoms with Crippen LogP contribution in [0.2, 0.25) is 0 Å². The molecular formula is C14H18N2O4. The molecule has 2 heterocycles. The number of morpholine rings is 2. The molecule has 2 aliphatic heterocycles. The van der Waals surface area contributed by atoms with Crippen molar-refractivity contribution in [1.29, 1.82) is 0 Å². The highest BCUT2D eigenvalue weighted by atomic mass is 16.5. The van der Waals surface area contributed by atoms with Crippen LogP contribution in [-0.4, -0.2) is 74.0 Å². The number of hydrogen-bond acceptors (Lipinski definition) is 6. The lowest BCUT2D eigenvalue weighted by atomic mass is 10.0. The Bertz CT molecular complexity index is 428. The summed E-state index contributed by atoms with van der Waals surface area (Å²) in [6, 6.07) is 0. The second-order valence-corrected chi connectivity index (χ2v) is 4.99. The fourth-order valence-electron chi connectivity index (χ4n) is 2.64. The van der Waals surface area contributed by atoms with Gasteiger partial charge in [-0.1, -0.05) is 0 Å². The van der Waals surface area contributed by atoms with E-state index in [4.69, 9.17) is 9.47 Å². The maximum Gasteiger partial charge on any atom is 0.204 e. The van der Waals surface area contributed by atoms with Crippen molar-refractivity contribution in [3.8, 4) is 0 Å². The zero-order valence-corrected chi connectivity index (χ0v) is 11.3. The monoisotopic (exact) mass is 278 g/mol. The van der Waals surface area contributed by atoms with E-state index in [0.29, 0.717) is 64.0 Å². The molecule has 0 saturated carbocycles. The Morgan fingerprint density at radius 1 is 0.700 bits per heavy atom. The van der Waals surface area contributed by atoms with Crippen LogP contribution in [0.25, 0.3) is 0 Å². The molecule has 20 heavy (non-hydrogen) atoms. The van der Waals surface area contributed by atoms with Crippen LogP contribution in [0.15, 0.2) is 23.5 Å². The van der Waals surface area contributed by atoms with E-state index in [-0.39, 0.29) is 11.6 Å². The fourth-order valence-corrected chi connectivity index (χ4v) is 2.64. The third-order valence-electron chi connectivity index (χ3n) is 3.74. The van der Waals surface area contributed by atoms with E-state index >= 15 is 0 Å². The first kappa shape index (κ1) is 13.3. The Hall–Kier alpha value is -1.66. The molecular weight excluding hydrogens is 260 g/mol. The van der Waals surface area contributed by atoms with Crippen molar-refractivity contribution in [1.82, 2.24) is 9.80 Å². The van der Waals surface area contributed by atoms with Crippen LogP contribution in [0, 0.1) is 0 Å². The van der Waals surface area contributed by atoms with Gasteiger partial charge >= 0.3 is 0 Å². The molecule has 6 heteroatoms. The molecule has 3 aliphatic rings. The molecule has 0 bridgehead atoms. The zero-order chi connectivity index (χ0) is 13.9. The van der Waals surface area contributed by atoms with Crippen molar-refractivity contribution in [2.75, 3.05) is 52.6 Å². The van der Waals surface area contributed by atoms with E-state index < -0.39 is 0 Å². The molecule has 0 aromatic rings. The summed E-state index contributed by atoms with van der Waals surface area (Å²) in [5.41, 5.74) is 0.991. The lowest BCUT2D eigenvalue weighted by Gasteiger charge is -2.34. The summed E-state index contributed by atoms with van der Waals surface area (Å²) < 4.78 is 10.5. The van der Waals surface area contributed by atoms with Crippen LogP contribution in [-0.2, 0) is 19.1 Å². The maximum atomic E-state index is 12.3. The Labute approximate surface area is 117 Å². The van der Waals surface area contributed by atoms with Gasteiger partial charge in [-0.2, -0.15) is 0 Å². The van der Waals surface area contributed by atoms with Gasteiger partial charge in [-0.15, -0.1) is 0 Å². The van der Waals surface area contributed by atoms with E-state index in [9.17, 15) is 9.59 Å². The number of carbonyl (C=O) groups is 2. The van der Waals surface area contributed by atoms with Crippen LogP contribution in [0.1, 0.15) is 0 Å². The van der Waals surface area contributed by atoms with Crippen molar-refractivity contribution in [3.05, 3.63) is 23.5 Å². The summed E-state index contributed by atoms with van der Waals surface area (Å²) in [6.45, 7) is 5.02. The Morgan fingerprint density at radius 2 is 1.05 bits per heavy atom. The number of hydrogen-bond donors (Lipinski definition) is 0. The summed E-state index contributed by atoms with van der Waals surface area (Å²) in [6.07, 6.45) is 2.94. The van der Waals surface area contributed by atoms with Gasteiger partial charge in [0, 0.05) is 38.3 Å². The number of rotatable bonds is 2. The molecule has 1 aliphatic carbocycles. The minimum absolute atomic E-state index is 0.0898. The van der Waals surface area contributed by atoms with Gasteiger partial charge in [-0.25, -0.2) is 0 Å². The van der Waals surface area contributed by atoms with Crippen LogP contribution < -0.4 is 0 Å². The van der Waals surface area contributed by atoms with Crippen LogP contribution in [0.5, 0.6) is 0 Å². The van der Waals surface area contributed by atoms with Gasteiger partial charge in [-0.3, -0.25) is 9.59 Å². The predicted molar refractivity (Wildman–Crippen MR) is 71.0 cm³/mol. The van der Waals surface area contributed by atoms with Crippen LogP contribution >= 0.6 is 0 Å². The normalized spacial score (nSPS) is 24.6. The zero-order valence-electron chi connectivity index (χ0n) is 11.3. The molecule has 2 fully saturated rings. The Morgan fingerprint density at radius 3 is 1.40 bits per heavy atom. The molecule has 0 spiro atoms. The summed E-state index contributed by atoms with van der Waals surface area (Å²) in [5.74, 6) is -0.180. The highest BCUT2D eigenvalue weighted by molar-refractivity contribution is 6.19. The summed E-state index contributed by atoms with van der Waals surface area (Å²) >= 11 is 0. The van der Waals surface area contributed by atoms with Gasteiger partial charge in [0.2, 0.25) is 11.6 Å². The third-order valence-corrected chi connectivity index (χ3v) is 3.74.